The first kappa shape index (κ1) is 14.7. The van der Waals surface area contributed by atoms with E-state index in [0.717, 1.165) is 30.4 Å². The van der Waals surface area contributed by atoms with Gasteiger partial charge in [-0.2, -0.15) is 0 Å². The highest BCUT2D eigenvalue weighted by Gasteiger charge is 2.50. The second kappa shape index (κ2) is 5.65. The topological polar surface area (TPSA) is 51.9 Å². The second-order valence-electron chi connectivity index (χ2n) is 6.41. The summed E-state index contributed by atoms with van der Waals surface area (Å²) in [6, 6.07) is 9.48. The van der Waals surface area contributed by atoms with Gasteiger partial charge in [-0.3, -0.25) is 4.79 Å². The van der Waals surface area contributed by atoms with Gasteiger partial charge in [0.1, 0.15) is 11.2 Å². The molecule has 0 aliphatic carbocycles. The summed E-state index contributed by atoms with van der Waals surface area (Å²) in [5.74, 6) is 0.340. The lowest BCUT2D eigenvalue weighted by Gasteiger charge is -2.52. The van der Waals surface area contributed by atoms with Crippen molar-refractivity contribution in [2.24, 2.45) is 0 Å². The highest BCUT2D eigenvalue weighted by molar-refractivity contribution is 5.96. The molecule has 0 unspecified atom stereocenters. The Morgan fingerprint density at radius 1 is 1.39 bits per heavy atom. The SMILES string of the molecule is CCO[C@@H]1CCOC2(C1)CN(C(=O)c1cc3ccccc3o1)C2. The summed E-state index contributed by atoms with van der Waals surface area (Å²) >= 11 is 0. The van der Waals surface area contributed by atoms with E-state index >= 15 is 0 Å². The molecule has 2 aliphatic heterocycles. The van der Waals surface area contributed by atoms with E-state index in [-0.39, 0.29) is 17.6 Å². The van der Waals surface area contributed by atoms with E-state index in [1.807, 2.05) is 37.3 Å². The van der Waals surface area contributed by atoms with Crippen LogP contribution in [0.1, 0.15) is 30.3 Å². The number of amides is 1. The summed E-state index contributed by atoms with van der Waals surface area (Å²) in [5, 5.41) is 0.955. The molecule has 0 saturated carbocycles. The highest BCUT2D eigenvalue weighted by Crippen LogP contribution is 2.36. The fourth-order valence-electron chi connectivity index (χ4n) is 3.62. The Hall–Kier alpha value is -1.85. The largest absolute Gasteiger partial charge is 0.451 e. The van der Waals surface area contributed by atoms with E-state index in [0.29, 0.717) is 25.5 Å². The van der Waals surface area contributed by atoms with Crippen molar-refractivity contribution >= 4 is 16.9 Å². The van der Waals surface area contributed by atoms with Crippen molar-refractivity contribution in [2.45, 2.75) is 31.5 Å². The van der Waals surface area contributed by atoms with Gasteiger partial charge < -0.3 is 18.8 Å². The summed E-state index contributed by atoms with van der Waals surface area (Å²) < 4.78 is 17.3. The lowest BCUT2D eigenvalue weighted by molar-refractivity contribution is -0.185. The molecule has 4 rings (SSSR count). The fourth-order valence-corrected chi connectivity index (χ4v) is 3.62. The zero-order valence-corrected chi connectivity index (χ0v) is 13.3. The molecule has 5 heteroatoms. The lowest BCUT2D eigenvalue weighted by Crippen LogP contribution is -2.67. The third kappa shape index (κ3) is 2.64. The molecule has 1 aromatic carbocycles. The maximum absolute atomic E-state index is 12.6. The molecule has 122 valence electrons. The molecule has 3 heterocycles. The maximum Gasteiger partial charge on any atom is 0.289 e. The number of para-hydroxylation sites is 1. The van der Waals surface area contributed by atoms with E-state index < -0.39 is 0 Å². The van der Waals surface area contributed by atoms with Crippen LogP contribution in [-0.2, 0) is 9.47 Å². The van der Waals surface area contributed by atoms with Crippen molar-refractivity contribution in [3.63, 3.8) is 0 Å². The number of ether oxygens (including phenoxy) is 2. The number of furan rings is 1. The quantitative estimate of drug-likeness (QED) is 0.874. The summed E-state index contributed by atoms with van der Waals surface area (Å²) in [6.07, 6.45) is 2.05. The Bertz CT molecular complexity index is 682. The normalized spacial score (nSPS) is 23.2. The predicted octanol–water partition coefficient (Wildman–Crippen LogP) is 2.84. The van der Waals surface area contributed by atoms with Gasteiger partial charge in [-0.1, -0.05) is 18.2 Å². The molecular formula is C18H21NO4. The van der Waals surface area contributed by atoms with Gasteiger partial charge in [-0.15, -0.1) is 0 Å². The van der Waals surface area contributed by atoms with Crippen LogP contribution in [-0.4, -0.2) is 48.8 Å². The third-order valence-electron chi connectivity index (χ3n) is 4.73. The first-order valence-corrected chi connectivity index (χ1v) is 8.22. The Morgan fingerprint density at radius 3 is 3.00 bits per heavy atom. The second-order valence-corrected chi connectivity index (χ2v) is 6.41. The van der Waals surface area contributed by atoms with Crippen LogP contribution < -0.4 is 0 Å². The molecule has 0 N–H and O–H groups in total. The number of carbonyl (C=O) groups is 1. The minimum atomic E-state index is -0.222. The number of likely N-dealkylation sites (tertiary alicyclic amines) is 1. The Morgan fingerprint density at radius 2 is 2.22 bits per heavy atom. The van der Waals surface area contributed by atoms with Crippen LogP contribution in [0.3, 0.4) is 0 Å². The van der Waals surface area contributed by atoms with Crippen LogP contribution in [0.25, 0.3) is 11.0 Å². The molecule has 1 spiro atoms. The molecule has 0 bridgehead atoms. The summed E-state index contributed by atoms with van der Waals surface area (Å²) in [4.78, 5) is 14.4. The highest BCUT2D eigenvalue weighted by atomic mass is 16.5. The zero-order chi connectivity index (χ0) is 15.9. The lowest BCUT2D eigenvalue weighted by atomic mass is 9.84. The van der Waals surface area contributed by atoms with E-state index in [2.05, 4.69) is 0 Å². The Kier molecular flexibility index (Phi) is 3.62. The van der Waals surface area contributed by atoms with Crippen molar-refractivity contribution in [1.29, 1.82) is 0 Å². The molecule has 2 fully saturated rings. The van der Waals surface area contributed by atoms with Crippen LogP contribution in [0, 0.1) is 0 Å². The Labute approximate surface area is 135 Å². The van der Waals surface area contributed by atoms with Gasteiger partial charge in [0, 0.05) is 25.0 Å². The smallest absolute Gasteiger partial charge is 0.289 e. The average molecular weight is 315 g/mol. The van der Waals surface area contributed by atoms with E-state index in [4.69, 9.17) is 13.9 Å². The van der Waals surface area contributed by atoms with Gasteiger partial charge in [0.2, 0.25) is 0 Å². The maximum atomic E-state index is 12.6. The predicted molar refractivity (Wildman–Crippen MR) is 85.4 cm³/mol. The summed E-state index contributed by atoms with van der Waals surface area (Å²) in [6.45, 7) is 4.68. The molecule has 0 radical (unpaired) electrons. The first-order valence-electron chi connectivity index (χ1n) is 8.22. The molecule has 1 aromatic heterocycles. The Balaban J connectivity index is 1.43. The van der Waals surface area contributed by atoms with Crippen molar-refractivity contribution in [2.75, 3.05) is 26.3 Å². The van der Waals surface area contributed by atoms with Gasteiger partial charge in [0.05, 0.1) is 19.2 Å². The van der Waals surface area contributed by atoms with Crippen LogP contribution in [0.4, 0.5) is 0 Å². The van der Waals surface area contributed by atoms with Crippen LogP contribution >= 0.6 is 0 Å². The van der Waals surface area contributed by atoms with Crippen molar-refractivity contribution < 1.29 is 18.7 Å². The first-order chi connectivity index (χ1) is 11.2. The van der Waals surface area contributed by atoms with Crippen LogP contribution in [0.2, 0.25) is 0 Å². The van der Waals surface area contributed by atoms with E-state index in [9.17, 15) is 4.79 Å². The molecular weight excluding hydrogens is 294 g/mol. The fraction of sp³-hybridized carbons (Fsp3) is 0.500. The number of rotatable bonds is 3. The van der Waals surface area contributed by atoms with Crippen LogP contribution in [0.5, 0.6) is 0 Å². The van der Waals surface area contributed by atoms with Crippen LogP contribution in [0.15, 0.2) is 34.7 Å². The number of nitrogens with zero attached hydrogens (tertiary/aromatic N) is 1. The number of fused-ring (bicyclic) bond motifs is 1. The van der Waals surface area contributed by atoms with Crippen molar-refractivity contribution in [1.82, 2.24) is 4.90 Å². The third-order valence-corrected chi connectivity index (χ3v) is 4.73. The van der Waals surface area contributed by atoms with Gasteiger partial charge in [-0.25, -0.2) is 0 Å². The molecule has 5 nitrogen and oxygen atoms in total. The summed E-state index contributed by atoms with van der Waals surface area (Å²) in [7, 11) is 0. The minimum Gasteiger partial charge on any atom is -0.451 e. The minimum absolute atomic E-state index is 0.0611. The van der Waals surface area contributed by atoms with Crippen molar-refractivity contribution in [3.05, 3.63) is 36.1 Å². The number of benzene rings is 1. The monoisotopic (exact) mass is 315 g/mol. The zero-order valence-electron chi connectivity index (χ0n) is 13.3. The molecule has 2 aliphatic rings. The van der Waals surface area contributed by atoms with Gasteiger partial charge in [-0.05, 0) is 25.5 Å². The van der Waals surface area contributed by atoms with E-state index in [1.54, 1.807) is 4.90 Å². The summed E-state index contributed by atoms with van der Waals surface area (Å²) in [5.41, 5.74) is 0.524. The molecule has 23 heavy (non-hydrogen) atoms. The van der Waals surface area contributed by atoms with Gasteiger partial charge >= 0.3 is 0 Å². The standard InChI is InChI=1S/C18H21NO4/c1-2-21-14-7-8-22-18(10-14)11-19(12-18)17(20)16-9-13-5-3-4-6-15(13)23-16/h3-6,9,14H,2,7-8,10-12H2,1H3/t14-/m1/s1. The van der Waals surface area contributed by atoms with E-state index in [1.165, 1.54) is 0 Å². The van der Waals surface area contributed by atoms with Crippen molar-refractivity contribution in [3.8, 4) is 0 Å². The van der Waals surface area contributed by atoms with Gasteiger partial charge in [0.25, 0.3) is 5.91 Å². The number of hydrogen-bond donors (Lipinski definition) is 0. The average Bonchev–Trinajstić information content (AvgIpc) is 2.96. The molecule has 2 saturated heterocycles. The number of hydrogen-bond acceptors (Lipinski definition) is 4. The molecule has 1 atom stereocenters. The molecule has 1 amide bonds. The molecule has 2 aromatic rings. The van der Waals surface area contributed by atoms with Gasteiger partial charge in [0.15, 0.2) is 5.76 Å². The number of carbonyl (C=O) groups excluding carboxylic acids is 1.